The standard InChI is InChI=1S/C14H26N2OP3.C3H8.2Cu.2H2O.H3P.4Y/c1-14(2,3)10-5-11(15(4)7-18)13(17)12(6-10)16(8-19)9-20;1-3-2;;;;;;;;;/h5-6,17H,4,7-9,18-20H2,1-3H3;3H2,1-2H3;;;2*1H2;1H3;;;;/q-1;;2*+1;;;;;;;. The fourth-order valence-electron chi connectivity index (χ4n) is 1.89. The summed E-state index contributed by atoms with van der Waals surface area (Å²) >= 11 is 0. The summed E-state index contributed by atoms with van der Waals surface area (Å²) in [6.07, 6.45) is 3.45. The van der Waals surface area contributed by atoms with E-state index >= 15 is 0 Å². The molecule has 0 bridgehead atoms. The number of benzene rings is 1. The molecule has 1 aromatic rings. The fourth-order valence-corrected chi connectivity index (χ4v) is 3.08. The molecule has 0 aliphatic heterocycles. The van der Waals surface area contributed by atoms with Crippen LogP contribution < -0.4 is 9.80 Å². The van der Waals surface area contributed by atoms with Gasteiger partial charge in [0.2, 0.25) is 0 Å². The smallest absolute Gasteiger partial charge is 0.519 e. The zero-order valence-corrected chi connectivity index (χ0v) is 38.0. The molecule has 0 saturated heterocycles. The molecular formula is C17H41Cu2N2O3P4Y4+. The third-order valence-corrected chi connectivity index (χ3v) is 4.60. The van der Waals surface area contributed by atoms with Crippen LogP contribution in [0.3, 0.4) is 0 Å². The van der Waals surface area contributed by atoms with Gasteiger partial charge >= 0.3 is 34.1 Å². The number of phenolic OH excluding ortho intramolecular Hbond substituents is 1. The molecule has 0 aromatic heterocycles. The maximum atomic E-state index is 10.6. The Morgan fingerprint density at radius 3 is 1.41 bits per heavy atom. The van der Waals surface area contributed by atoms with Gasteiger partial charge in [0.1, 0.15) is 0 Å². The van der Waals surface area contributed by atoms with Gasteiger partial charge in [-0.25, -0.2) is 0 Å². The maximum absolute atomic E-state index is 10.6. The molecule has 0 spiro atoms. The van der Waals surface area contributed by atoms with E-state index in [2.05, 4.69) is 80.4 Å². The van der Waals surface area contributed by atoms with Crippen molar-refractivity contribution in [2.75, 3.05) is 28.7 Å². The summed E-state index contributed by atoms with van der Waals surface area (Å²) in [6.45, 7) is 10.8. The quantitative estimate of drug-likeness (QED) is 0.280. The molecule has 190 valence electrons. The summed E-state index contributed by atoms with van der Waals surface area (Å²) in [4.78, 5) is 3.89. The van der Waals surface area contributed by atoms with Gasteiger partial charge in [-0.05, 0) is 23.1 Å². The Morgan fingerprint density at radius 2 is 1.16 bits per heavy atom. The minimum Gasteiger partial charge on any atom is -0.519 e. The summed E-state index contributed by atoms with van der Waals surface area (Å²) in [5.74, 6) is 0.292. The predicted octanol–water partition coefficient (Wildman–Crippen LogP) is 3.40. The summed E-state index contributed by atoms with van der Waals surface area (Å²) in [6, 6.07) is 4.10. The third kappa shape index (κ3) is 24.7. The molecule has 5 nitrogen and oxygen atoms in total. The summed E-state index contributed by atoms with van der Waals surface area (Å²) in [5.41, 5.74) is 2.83. The Kier molecular flexibility index (Phi) is 75.9. The molecule has 5 N–H and O–H groups in total. The minimum atomic E-state index is 0. The predicted molar refractivity (Wildman–Crippen MR) is 135 cm³/mol. The molecule has 0 saturated carbocycles. The molecule has 4 atom stereocenters. The Labute approximate surface area is 329 Å². The van der Waals surface area contributed by atoms with Gasteiger partial charge in [0.05, 0.1) is 11.4 Å². The SMILES string of the molecule is CCC.O.O.P.[CH2-]N(CP)c1cc(C(C)(C)C)cc(N(CP)CP)c1O.[Cu+].[Cu+].[Y].[Y].[Y].[Y]. The monoisotopic (exact) mass is 927 g/mol. The largest absolute Gasteiger partial charge is 1.00 e. The van der Waals surface area contributed by atoms with Crippen LogP contribution >= 0.6 is 37.6 Å². The van der Waals surface area contributed by atoms with Crippen molar-refractivity contribution in [1.29, 1.82) is 0 Å². The van der Waals surface area contributed by atoms with Crippen molar-refractivity contribution in [2.45, 2.75) is 46.5 Å². The van der Waals surface area contributed by atoms with E-state index in [1.54, 1.807) is 4.90 Å². The van der Waals surface area contributed by atoms with Crippen molar-refractivity contribution in [3.63, 3.8) is 0 Å². The number of nitrogens with zero attached hydrogens (tertiary/aromatic N) is 2. The van der Waals surface area contributed by atoms with Gasteiger partial charge in [-0.1, -0.05) is 41.0 Å². The molecule has 4 unspecified atom stereocenters. The first-order valence-corrected chi connectivity index (χ1v) is 10.4. The number of phenols is 1. The van der Waals surface area contributed by atoms with E-state index in [1.807, 2.05) is 6.07 Å². The minimum absolute atomic E-state index is 0. The van der Waals surface area contributed by atoms with Crippen LogP contribution in [-0.4, -0.2) is 34.9 Å². The van der Waals surface area contributed by atoms with Crippen LogP contribution in [0.4, 0.5) is 11.4 Å². The van der Waals surface area contributed by atoms with E-state index in [-0.39, 0.29) is 191 Å². The van der Waals surface area contributed by atoms with Crippen molar-refractivity contribution >= 4 is 49.0 Å². The van der Waals surface area contributed by atoms with Crippen molar-refractivity contribution in [3.8, 4) is 5.75 Å². The van der Waals surface area contributed by atoms with Crippen LogP contribution in [0.15, 0.2) is 12.1 Å². The summed E-state index contributed by atoms with van der Waals surface area (Å²) in [5, 5.41) is 10.6. The summed E-state index contributed by atoms with van der Waals surface area (Å²) in [7, 11) is 12.0. The van der Waals surface area contributed by atoms with E-state index in [9.17, 15) is 5.11 Å². The first-order valence-electron chi connectivity index (χ1n) is 7.98. The van der Waals surface area contributed by atoms with Gasteiger partial charge in [0.25, 0.3) is 0 Å². The zero-order chi connectivity index (χ0) is 18.2. The van der Waals surface area contributed by atoms with Crippen molar-refractivity contribution in [3.05, 3.63) is 24.7 Å². The van der Waals surface area contributed by atoms with Crippen molar-refractivity contribution in [2.24, 2.45) is 0 Å². The maximum Gasteiger partial charge on any atom is 1.00 e. The molecule has 1 aromatic carbocycles. The number of hydrogen-bond acceptors (Lipinski definition) is 3. The van der Waals surface area contributed by atoms with Crippen LogP contribution in [-0.2, 0) is 170 Å². The van der Waals surface area contributed by atoms with Gasteiger partial charge in [0, 0.05) is 150 Å². The van der Waals surface area contributed by atoms with E-state index < -0.39 is 0 Å². The van der Waals surface area contributed by atoms with Gasteiger partial charge in [-0.2, -0.15) is 9.90 Å². The Balaban J connectivity index is -0.0000000477. The van der Waals surface area contributed by atoms with Gasteiger partial charge in [0.15, 0.2) is 5.75 Å². The molecule has 0 fully saturated rings. The average Bonchev–Trinajstić information content (AvgIpc) is 2.49. The van der Waals surface area contributed by atoms with Gasteiger partial charge < -0.3 is 25.9 Å². The van der Waals surface area contributed by atoms with Gasteiger partial charge in [-0.15, -0.1) is 27.7 Å². The second kappa shape index (κ2) is 36.7. The van der Waals surface area contributed by atoms with E-state index in [0.717, 1.165) is 23.9 Å². The van der Waals surface area contributed by atoms with Crippen molar-refractivity contribution < 1.29 is 181 Å². The Morgan fingerprint density at radius 1 is 0.844 bits per heavy atom. The Hall–Kier alpha value is 5.71. The summed E-state index contributed by atoms with van der Waals surface area (Å²) < 4.78 is 0. The fraction of sp³-hybridized carbons (Fsp3) is 0.588. The molecule has 0 aliphatic rings. The van der Waals surface area contributed by atoms with Crippen LogP contribution in [0.5, 0.6) is 5.75 Å². The Bertz CT molecular complexity index is 510. The molecule has 0 aliphatic carbocycles. The second-order valence-electron chi connectivity index (χ2n) is 6.45. The number of rotatable bonds is 5. The van der Waals surface area contributed by atoms with Crippen LogP contribution in [0, 0.1) is 7.05 Å². The van der Waals surface area contributed by atoms with Crippen LogP contribution in [0.25, 0.3) is 0 Å². The van der Waals surface area contributed by atoms with E-state index in [1.165, 1.54) is 12.0 Å². The topological polar surface area (TPSA) is 89.7 Å². The average molecular weight is 928 g/mol. The first kappa shape index (κ1) is 66.2. The molecular weight excluding hydrogens is 887 g/mol. The molecule has 1 rings (SSSR count). The number of aromatic hydroxyl groups is 1. The number of anilines is 2. The molecule has 4 radical (unpaired) electrons. The van der Waals surface area contributed by atoms with Crippen molar-refractivity contribution in [1.82, 2.24) is 0 Å². The van der Waals surface area contributed by atoms with E-state index in [4.69, 9.17) is 0 Å². The molecule has 0 heterocycles. The zero-order valence-electron chi connectivity index (χ0n) is 19.9. The molecule has 32 heavy (non-hydrogen) atoms. The molecule has 15 heteroatoms. The van der Waals surface area contributed by atoms with Crippen LogP contribution in [0.1, 0.15) is 46.6 Å². The first-order chi connectivity index (χ1) is 10.7. The normalized spacial score (nSPS) is 7.78. The van der Waals surface area contributed by atoms with Gasteiger partial charge in [-0.3, -0.25) is 7.05 Å². The molecule has 0 amide bonds. The number of hydrogen-bond donors (Lipinski definition) is 1. The van der Waals surface area contributed by atoms with Crippen LogP contribution in [0.2, 0.25) is 0 Å². The van der Waals surface area contributed by atoms with E-state index in [0.29, 0.717) is 12.0 Å². The third-order valence-electron chi connectivity index (χ3n) is 3.28. The second-order valence-corrected chi connectivity index (χ2v) is 7.54.